The van der Waals surface area contributed by atoms with Crippen LogP contribution in [0.4, 0.5) is 0 Å². The van der Waals surface area contributed by atoms with Gasteiger partial charge in [-0.1, -0.05) is 25.6 Å². The van der Waals surface area contributed by atoms with Gasteiger partial charge in [-0.3, -0.25) is 14.5 Å². The van der Waals surface area contributed by atoms with E-state index >= 15 is 0 Å². The summed E-state index contributed by atoms with van der Waals surface area (Å²) >= 11 is 1.57. The van der Waals surface area contributed by atoms with Crippen LogP contribution in [0.15, 0.2) is 11.1 Å². The summed E-state index contributed by atoms with van der Waals surface area (Å²) in [6, 6.07) is 1.87. The third-order valence-electron chi connectivity index (χ3n) is 3.63. The number of aliphatic imine (C=N–C) groups is 1. The van der Waals surface area contributed by atoms with E-state index in [9.17, 15) is 4.79 Å². The number of amidine groups is 1. The standard InChI is InChI=1S/C15H19N5OS/c1-8(2)11-7-10(14(21)18-15-16-5-6-22-15)12-9(3)19-20(4)13(12)17-11/h7-8H,5-6H2,1-4H3,(H,16,18,21). The fourth-order valence-corrected chi connectivity index (χ4v) is 3.24. The molecule has 2 aromatic rings. The SMILES string of the molecule is Cc1nn(C)c2nc(C(C)C)cc(C(=O)NC3=NCCS3)c12. The normalized spacial score (nSPS) is 14.7. The molecule has 3 rings (SSSR count). The van der Waals surface area contributed by atoms with Gasteiger partial charge in [0, 0.05) is 18.5 Å². The molecule has 1 aliphatic rings. The van der Waals surface area contributed by atoms with Crippen LogP contribution < -0.4 is 5.32 Å². The van der Waals surface area contributed by atoms with Gasteiger partial charge in [0.2, 0.25) is 0 Å². The number of carbonyl (C=O) groups excluding carboxylic acids is 1. The van der Waals surface area contributed by atoms with Gasteiger partial charge in [0.15, 0.2) is 10.8 Å². The number of amides is 1. The highest BCUT2D eigenvalue weighted by atomic mass is 32.2. The van der Waals surface area contributed by atoms with Crippen molar-refractivity contribution in [2.24, 2.45) is 12.0 Å². The summed E-state index contributed by atoms with van der Waals surface area (Å²) in [4.78, 5) is 21.6. The quantitative estimate of drug-likeness (QED) is 0.922. The molecule has 116 valence electrons. The Balaban J connectivity index is 2.11. The number of aromatic nitrogens is 3. The molecular weight excluding hydrogens is 298 g/mol. The second-order valence-corrected chi connectivity index (χ2v) is 6.73. The van der Waals surface area contributed by atoms with Crippen molar-refractivity contribution in [3.05, 3.63) is 23.0 Å². The summed E-state index contributed by atoms with van der Waals surface area (Å²) in [5, 5.41) is 8.81. The first-order valence-corrected chi connectivity index (χ1v) is 8.28. The second-order valence-electron chi connectivity index (χ2n) is 5.65. The van der Waals surface area contributed by atoms with E-state index in [0.29, 0.717) is 10.7 Å². The third kappa shape index (κ3) is 2.61. The summed E-state index contributed by atoms with van der Waals surface area (Å²) in [6.45, 7) is 6.79. The summed E-state index contributed by atoms with van der Waals surface area (Å²) in [6.07, 6.45) is 0. The van der Waals surface area contributed by atoms with Crippen LogP contribution in [0.3, 0.4) is 0 Å². The van der Waals surface area contributed by atoms with Crippen LogP contribution >= 0.6 is 11.8 Å². The van der Waals surface area contributed by atoms with E-state index in [1.54, 1.807) is 16.4 Å². The monoisotopic (exact) mass is 317 g/mol. The van der Waals surface area contributed by atoms with Crippen LogP contribution in [0, 0.1) is 6.92 Å². The number of rotatable bonds is 2. The van der Waals surface area contributed by atoms with Gasteiger partial charge < -0.3 is 5.32 Å². The summed E-state index contributed by atoms with van der Waals surface area (Å²) in [5.74, 6) is 1.02. The molecule has 0 aliphatic carbocycles. The number of aryl methyl sites for hydroxylation is 2. The number of nitrogens with one attached hydrogen (secondary N) is 1. The average Bonchev–Trinajstić information content (AvgIpc) is 3.07. The van der Waals surface area contributed by atoms with E-state index in [1.807, 2.05) is 20.0 Å². The van der Waals surface area contributed by atoms with Crippen LogP contribution in [0.5, 0.6) is 0 Å². The molecule has 3 heterocycles. The highest BCUT2D eigenvalue weighted by molar-refractivity contribution is 8.14. The van der Waals surface area contributed by atoms with Gasteiger partial charge >= 0.3 is 0 Å². The third-order valence-corrected chi connectivity index (χ3v) is 4.52. The molecule has 6 nitrogen and oxygen atoms in total. The minimum atomic E-state index is -0.140. The molecule has 22 heavy (non-hydrogen) atoms. The Morgan fingerprint density at radius 3 is 2.86 bits per heavy atom. The molecule has 0 spiro atoms. The van der Waals surface area contributed by atoms with Gasteiger partial charge in [-0.2, -0.15) is 5.10 Å². The first-order valence-electron chi connectivity index (χ1n) is 7.30. The highest BCUT2D eigenvalue weighted by Gasteiger charge is 2.21. The minimum Gasteiger partial charge on any atom is -0.301 e. The second kappa shape index (κ2) is 5.72. The van der Waals surface area contributed by atoms with E-state index in [0.717, 1.165) is 34.7 Å². The number of pyridine rings is 1. The fourth-order valence-electron chi connectivity index (χ4n) is 2.51. The Morgan fingerprint density at radius 1 is 1.45 bits per heavy atom. The largest absolute Gasteiger partial charge is 0.301 e. The van der Waals surface area contributed by atoms with Crippen molar-refractivity contribution in [2.45, 2.75) is 26.7 Å². The number of thioether (sulfide) groups is 1. The molecule has 1 N–H and O–H groups in total. The predicted molar refractivity (Wildman–Crippen MR) is 89.6 cm³/mol. The lowest BCUT2D eigenvalue weighted by molar-refractivity contribution is 0.0979. The Bertz CT molecular complexity index is 778. The van der Waals surface area contributed by atoms with Crippen molar-refractivity contribution in [1.82, 2.24) is 20.1 Å². The van der Waals surface area contributed by atoms with Gasteiger partial charge in [0.1, 0.15) is 0 Å². The number of fused-ring (bicyclic) bond motifs is 1. The molecule has 0 fully saturated rings. The summed E-state index contributed by atoms with van der Waals surface area (Å²) in [7, 11) is 1.85. The lowest BCUT2D eigenvalue weighted by atomic mass is 10.0. The zero-order chi connectivity index (χ0) is 15.9. The first-order chi connectivity index (χ1) is 10.5. The molecule has 1 aliphatic heterocycles. The molecule has 0 saturated carbocycles. The Hall–Kier alpha value is -1.89. The van der Waals surface area contributed by atoms with Crippen molar-refractivity contribution in [2.75, 3.05) is 12.3 Å². The molecule has 0 aromatic carbocycles. The van der Waals surface area contributed by atoms with E-state index in [4.69, 9.17) is 0 Å². The van der Waals surface area contributed by atoms with Gasteiger partial charge in [-0.25, -0.2) is 4.98 Å². The molecule has 0 atom stereocenters. The molecule has 0 radical (unpaired) electrons. The smallest absolute Gasteiger partial charge is 0.258 e. The summed E-state index contributed by atoms with van der Waals surface area (Å²) in [5.41, 5.74) is 3.07. The van der Waals surface area contributed by atoms with Crippen molar-refractivity contribution >= 4 is 33.9 Å². The lowest BCUT2D eigenvalue weighted by Crippen LogP contribution is -2.27. The first kappa shape index (κ1) is 15.0. The zero-order valence-corrected chi connectivity index (χ0v) is 14.0. The van der Waals surface area contributed by atoms with E-state index < -0.39 is 0 Å². The maximum Gasteiger partial charge on any atom is 0.258 e. The van der Waals surface area contributed by atoms with E-state index in [1.165, 1.54) is 0 Å². The number of carbonyl (C=O) groups is 1. The average molecular weight is 317 g/mol. The minimum absolute atomic E-state index is 0.140. The molecule has 7 heteroatoms. The fraction of sp³-hybridized carbons (Fsp3) is 0.467. The molecule has 0 bridgehead atoms. The molecule has 2 aromatic heterocycles. The molecule has 0 saturated heterocycles. The van der Waals surface area contributed by atoms with Crippen molar-refractivity contribution in [1.29, 1.82) is 0 Å². The summed E-state index contributed by atoms with van der Waals surface area (Å²) < 4.78 is 1.73. The predicted octanol–water partition coefficient (Wildman–Crippen LogP) is 2.23. The number of nitrogens with zero attached hydrogens (tertiary/aromatic N) is 4. The van der Waals surface area contributed by atoms with Gasteiger partial charge in [0.25, 0.3) is 5.91 Å². The lowest BCUT2D eigenvalue weighted by Gasteiger charge is -2.10. The number of hydrogen-bond acceptors (Lipinski definition) is 5. The van der Waals surface area contributed by atoms with Crippen molar-refractivity contribution in [3.8, 4) is 0 Å². The van der Waals surface area contributed by atoms with Crippen molar-refractivity contribution in [3.63, 3.8) is 0 Å². The topological polar surface area (TPSA) is 72.2 Å². The maximum atomic E-state index is 12.7. The van der Waals surface area contributed by atoms with Crippen LogP contribution in [0.2, 0.25) is 0 Å². The molecule has 0 unspecified atom stereocenters. The van der Waals surface area contributed by atoms with E-state index in [-0.39, 0.29) is 11.8 Å². The maximum absolute atomic E-state index is 12.7. The zero-order valence-electron chi connectivity index (χ0n) is 13.2. The van der Waals surface area contributed by atoms with Crippen molar-refractivity contribution < 1.29 is 4.79 Å². The van der Waals surface area contributed by atoms with E-state index in [2.05, 4.69) is 34.2 Å². The van der Waals surface area contributed by atoms with Gasteiger partial charge in [-0.15, -0.1) is 0 Å². The Labute approximate surface area is 133 Å². The Morgan fingerprint density at radius 2 is 2.23 bits per heavy atom. The van der Waals surface area contributed by atoms with Crippen LogP contribution in [-0.4, -0.2) is 38.1 Å². The van der Waals surface area contributed by atoms with Crippen LogP contribution in [0.25, 0.3) is 11.0 Å². The van der Waals surface area contributed by atoms with Crippen LogP contribution in [0.1, 0.15) is 41.5 Å². The van der Waals surface area contributed by atoms with Gasteiger partial charge in [-0.05, 0) is 18.9 Å². The highest BCUT2D eigenvalue weighted by Crippen LogP contribution is 2.25. The van der Waals surface area contributed by atoms with Gasteiger partial charge in [0.05, 0.1) is 23.2 Å². The molecule has 1 amide bonds. The number of hydrogen-bond donors (Lipinski definition) is 1. The van der Waals surface area contributed by atoms with Crippen LogP contribution in [-0.2, 0) is 7.05 Å². The molecular formula is C15H19N5OS. The Kier molecular flexibility index (Phi) is 3.90.